The van der Waals surface area contributed by atoms with E-state index < -0.39 is 0 Å². The number of aromatic nitrogens is 2. The molecular formula is C20H28N4O2S. The third-order valence-corrected chi connectivity index (χ3v) is 4.97. The first-order chi connectivity index (χ1) is 12.6. The molecule has 1 aromatic carbocycles. The lowest BCUT2D eigenvalue weighted by Gasteiger charge is -2.23. The molecule has 0 aliphatic rings. The van der Waals surface area contributed by atoms with Gasteiger partial charge in [0.25, 0.3) is 0 Å². The Morgan fingerprint density at radius 2 is 1.93 bits per heavy atom. The van der Waals surface area contributed by atoms with Gasteiger partial charge >= 0.3 is 0 Å². The molecule has 2 amide bonds. The molecule has 2 rings (SSSR count). The molecular weight excluding hydrogens is 360 g/mol. The quantitative estimate of drug-likeness (QED) is 0.773. The lowest BCUT2D eigenvalue weighted by Crippen LogP contribution is -2.46. The van der Waals surface area contributed by atoms with E-state index in [0.717, 1.165) is 10.8 Å². The maximum Gasteiger partial charge on any atom is 0.240 e. The zero-order valence-corrected chi connectivity index (χ0v) is 17.7. The molecule has 0 fully saturated rings. The number of benzene rings is 1. The highest BCUT2D eigenvalue weighted by Crippen LogP contribution is 2.22. The summed E-state index contributed by atoms with van der Waals surface area (Å²) in [5.74, 6) is -0.0556. The number of hydrogen-bond donors (Lipinski definition) is 1. The van der Waals surface area contributed by atoms with Crippen LogP contribution in [0.1, 0.15) is 31.9 Å². The number of rotatable bonds is 6. The second kappa shape index (κ2) is 8.61. The molecule has 0 bridgehead atoms. The first-order valence-corrected chi connectivity index (χ1v) is 9.84. The number of imidazole rings is 1. The van der Waals surface area contributed by atoms with Crippen molar-refractivity contribution in [2.75, 3.05) is 19.3 Å². The van der Waals surface area contributed by atoms with E-state index in [0.29, 0.717) is 0 Å². The van der Waals surface area contributed by atoms with Crippen molar-refractivity contribution in [1.29, 1.82) is 0 Å². The van der Waals surface area contributed by atoms with Gasteiger partial charge in [-0.2, -0.15) is 0 Å². The Labute approximate surface area is 165 Å². The van der Waals surface area contributed by atoms with E-state index in [-0.39, 0.29) is 29.7 Å². The normalized spacial score (nSPS) is 11.3. The van der Waals surface area contributed by atoms with Gasteiger partial charge in [-0.15, -0.1) is 0 Å². The molecule has 27 heavy (non-hydrogen) atoms. The molecule has 6 nitrogen and oxygen atoms in total. The van der Waals surface area contributed by atoms with Crippen molar-refractivity contribution in [3.63, 3.8) is 0 Å². The number of nitrogens with one attached hydrogen (secondary N) is 1. The SMILES string of the molecule is Cc1ccc(-n2ccnc2SCC(=O)N(C)CC(=O)NC(C)(C)C)cc1C. The molecule has 1 aromatic heterocycles. The van der Waals surface area contributed by atoms with E-state index in [1.54, 1.807) is 13.2 Å². The highest BCUT2D eigenvalue weighted by Gasteiger charge is 2.18. The van der Waals surface area contributed by atoms with Gasteiger partial charge in [-0.25, -0.2) is 4.98 Å². The van der Waals surface area contributed by atoms with Gasteiger partial charge in [-0.05, 0) is 57.9 Å². The number of hydrogen-bond acceptors (Lipinski definition) is 4. The van der Waals surface area contributed by atoms with Crippen LogP contribution in [0.2, 0.25) is 0 Å². The molecule has 0 saturated carbocycles. The van der Waals surface area contributed by atoms with E-state index >= 15 is 0 Å². The third kappa shape index (κ3) is 6.13. The number of likely N-dealkylation sites (N-methyl/N-ethyl adjacent to an activating group) is 1. The van der Waals surface area contributed by atoms with Crippen LogP contribution >= 0.6 is 11.8 Å². The summed E-state index contributed by atoms with van der Waals surface area (Å²) in [5, 5.41) is 3.61. The minimum absolute atomic E-state index is 0.0439. The maximum absolute atomic E-state index is 12.4. The number of amides is 2. The van der Waals surface area contributed by atoms with Crippen molar-refractivity contribution in [2.45, 2.75) is 45.3 Å². The predicted octanol–water partition coefficient (Wildman–Crippen LogP) is 2.95. The Bertz CT molecular complexity index is 824. The number of carbonyl (C=O) groups excluding carboxylic acids is 2. The highest BCUT2D eigenvalue weighted by molar-refractivity contribution is 7.99. The lowest BCUT2D eigenvalue weighted by atomic mass is 10.1. The summed E-state index contributed by atoms with van der Waals surface area (Å²) in [7, 11) is 1.64. The van der Waals surface area contributed by atoms with Gasteiger partial charge in [-0.3, -0.25) is 14.2 Å². The summed E-state index contributed by atoms with van der Waals surface area (Å²) in [5.41, 5.74) is 3.15. The number of carbonyl (C=O) groups is 2. The first kappa shape index (κ1) is 21.0. The molecule has 2 aromatic rings. The molecule has 7 heteroatoms. The van der Waals surface area contributed by atoms with Crippen molar-refractivity contribution in [2.24, 2.45) is 0 Å². The summed E-state index contributed by atoms with van der Waals surface area (Å²) in [6, 6.07) is 6.22. The number of thioether (sulfide) groups is 1. The summed E-state index contributed by atoms with van der Waals surface area (Å²) in [6.45, 7) is 9.93. The fraction of sp³-hybridized carbons (Fsp3) is 0.450. The van der Waals surface area contributed by atoms with Crippen molar-refractivity contribution < 1.29 is 9.59 Å². The van der Waals surface area contributed by atoms with Crippen LogP contribution in [0, 0.1) is 13.8 Å². The molecule has 1 N–H and O–H groups in total. The van der Waals surface area contributed by atoms with Crippen LogP contribution in [-0.2, 0) is 9.59 Å². The zero-order chi connectivity index (χ0) is 20.2. The Morgan fingerprint density at radius 3 is 2.56 bits per heavy atom. The Morgan fingerprint density at radius 1 is 1.22 bits per heavy atom. The van der Waals surface area contributed by atoms with Gasteiger partial charge in [-0.1, -0.05) is 17.8 Å². The molecule has 0 radical (unpaired) electrons. The van der Waals surface area contributed by atoms with Crippen LogP contribution in [0.4, 0.5) is 0 Å². The van der Waals surface area contributed by atoms with Crippen molar-refractivity contribution in [3.05, 3.63) is 41.7 Å². The monoisotopic (exact) mass is 388 g/mol. The largest absolute Gasteiger partial charge is 0.350 e. The minimum Gasteiger partial charge on any atom is -0.350 e. The number of nitrogens with zero attached hydrogens (tertiary/aromatic N) is 3. The van der Waals surface area contributed by atoms with Crippen LogP contribution in [0.3, 0.4) is 0 Å². The van der Waals surface area contributed by atoms with E-state index in [2.05, 4.69) is 36.3 Å². The second-order valence-corrected chi connectivity index (χ2v) is 8.63. The first-order valence-electron chi connectivity index (χ1n) is 8.85. The van der Waals surface area contributed by atoms with Crippen LogP contribution in [0.15, 0.2) is 35.7 Å². The Balaban J connectivity index is 1.97. The Hall–Kier alpha value is -2.28. The molecule has 0 aliphatic carbocycles. The Kier molecular flexibility index (Phi) is 6.70. The van der Waals surface area contributed by atoms with Crippen molar-refractivity contribution in [1.82, 2.24) is 19.8 Å². The topological polar surface area (TPSA) is 67.2 Å². The van der Waals surface area contributed by atoms with Gasteiger partial charge in [0, 0.05) is 30.7 Å². The van der Waals surface area contributed by atoms with Crippen molar-refractivity contribution >= 4 is 23.6 Å². The maximum atomic E-state index is 12.4. The van der Waals surface area contributed by atoms with Crippen molar-refractivity contribution in [3.8, 4) is 5.69 Å². The molecule has 1 heterocycles. The molecule has 0 unspecified atom stereocenters. The van der Waals surface area contributed by atoms with Crippen LogP contribution < -0.4 is 5.32 Å². The summed E-state index contributed by atoms with van der Waals surface area (Å²) < 4.78 is 1.97. The standard InChI is InChI=1S/C20H28N4O2S/c1-14-7-8-16(11-15(14)2)24-10-9-21-19(24)27-13-18(26)23(6)12-17(25)22-20(3,4)5/h7-11H,12-13H2,1-6H3,(H,22,25). The number of aryl methyl sites for hydroxylation is 2. The van der Waals surface area contributed by atoms with Gasteiger partial charge < -0.3 is 10.2 Å². The van der Waals surface area contributed by atoms with Gasteiger partial charge in [0.05, 0.1) is 12.3 Å². The smallest absolute Gasteiger partial charge is 0.240 e. The highest BCUT2D eigenvalue weighted by atomic mass is 32.2. The van der Waals surface area contributed by atoms with E-state index in [1.165, 1.54) is 27.8 Å². The van der Waals surface area contributed by atoms with Gasteiger partial charge in [0.1, 0.15) is 0 Å². The molecule has 0 spiro atoms. The van der Waals surface area contributed by atoms with Crippen LogP contribution in [0.25, 0.3) is 5.69 Å². The average molecular weight is 389 g/mol. The van der Waals surface area contributed by atoms with Gasteiger partial charge in [0.15, 0.2) is 5.16 Å². The van der Waals surface area contributed by atoms with E-state index in [4.69, 9.17) is 0 Å². The lowest BCUT2D eigenvalue weighted by molar-refractivity contribution is -0.133. The van der Waals surface area contributed by atoms with E-state index in [1.807, 2.05) is 37.6 Å². The van der Waals surface area contributed by atoms with Crippen LogP contribution in [-0.4, -0.2) is 51.1 Å². The summed E-state index contributed by atoms with van der Waals surface area (Å²) in [4.78, 5) is 30.2. The third-order valence-electron chi connectivity index (χ3n) is 4.02. The predicted molar refractivity (Wildman–Crippen MR) is 109 cm³/mol. The molecule has 146 valence electrons. The minimum atomic E-state index is -0.313. The molecule has 0 aliphatic heterocycles. The van der Waals surface area contributed by atoms with Crippen LogP contribution in [0.5, 0.6) is 0 Å². The summed E-state index contributed by atoms with van der Waals surface area (Å²) in [6.07, 6.45) is 3.61. The average Bonchev–Trinajstić information content (AvgIpc) is 3.01. The fourth-order valence-electron chi connectivity index (χ4n) is 2.47. The zero-order valence-electron chi connectivity index (χ0n) is 16.9. The second-order valence-electron chi connectivity index (χ2n) is 7.69. The van der Waals surface area contributed by atoms with Gasteiger partial charge in [0.2, 0.25) is 11.8 Å². The summed E-state index contributed by atoms with van der Waals surface area (Å²) >= 11 is 1.36. The fourth-order valence-corrected chi connectivity index (χ4v) is 3.38. The molecule has 0 saturated heterocycles. The van der Waals surface area contributed by atoms with E-state index in [9.17, 15) is 9.59 Å². The molecule has 0 atom stereocenters.